The molecule has 0 amide bonds. The lowest BCUT2D eigenvalue weighted by Gasteiger charge is -2.27. The fourth-order valence-electron chi connectivity index (χ4n) is 5.49. The number of allylic oxidation sites excluding steroid dienone is 12. The largest absolute Gasteiger partial charge is 0.397 e. The van der Waals surface area contributed by atoms with Gasteiger partial charge in [-0.1, -0.05) is 152 Å². The minimum atomic E-state index is -0.299. The summed E-state index contributed by atoms with van der Waals surface area (Å²) in [5.74, 6) is 0.769. The number of rotatable bonds is 4. The molecule has 2 aliphatic carbocycles. The Bertz CT molecular complexity index is 957. The van der Waals surface area contributed by atoms with Crippen molar-refractivity contribution in [1.82, 2.24) is 4.98 Å². The van der Waals surface area contributed by atoms with E-state index in [4.69, 9.17) is 5.73 Å². The Kier molecular flexibility index (Phi) is 12.0. The molecular weight excluding hydrogens is 436 g/mol. The molecule has 0 unspecified atom stereocenters. The second-order valence-electron chi connectivity index (χ2n) is 11.1. The smallest absolute Gasteiger partial charge is 0.0732 e. The summed E-state index contributed by atoms with van der Waals surface area (Å²) in [5.41, 5.74) is 10.4. The summed E-state index contributed by atoms with van der Waals surface area (Å²) in [4.78, 5) is 4.66. The molecular formula is C34H48N2. The standard InChI is InChI=1S/C34H48N2/c1-34(2,33-32(35)24-19-27-36-33)31-23-18-14-10-9-13-17-22-30(25-26-31)28-29-20-15-11-7-5-3-4-6-8-12-16-21-29/h9-10,13-14,17-19,22-27,29H,3-8,11-12,15-16,20-21,28,35H2,1-2H3/b10-9-,13-9?,14-10?,17-13-,18-14-,22-17?,23-18?,26-25?,30-22+,30-25?,31-23?,31-26?. The Morgan fingerprint density at radius 3 is 1.92 bits per heavy atom. The molecule has 1 saturated carbocycles. The van der Waals surface area contributed by atoms with Crippen LogP contribution in [0, 0.1) is 5.92 Å². The first-order chi connectivity index (χ1) is 17.6. The van der Waals surface area contributed by atoms with Crippen molar-refractivity contribution in [3.8, 4) is 0 Å². The zero-order valence-corrected chi connectivity index (χ0v) is 22.8. The minimum absolute atomic E-state index is 0.299. The van der Waals surface area contributed by atoms with Crippen molar-refractivity contribution >= 4 is 5.69 Å². The predicted molar refractivity (Wildman–Crippen MR) is 158 cm³/mol. The number of nitrogens with zero attached hydrogens (tertiary/aromatic N) is 1. The Labute approximate surface area is 220 Å². The van der Waals surface area contributed by atoms with Crippen LogP contribution in [-0.4, -0.2) is 4.98 Å². The van der Waals surface area contributed by atoms with Crippen LogP contribution in [0.4, 0.5) is 5.69 Å². The normalized spacial score (nSPS) is 23.8. The second-order valence-corrected chi connectivity index (χ2v) is 11.1. The first-order valence-electron chi connectivity index (χ1n) is 14.4. The van der Waals surface area contributed by atoms with E-state index >= 15 is 0 Å². The molecule has 0 bridgehead atoms. The zero-order valence-electron chi connectivity index (χ0n) is 22.8. The molecule has 0 radical (unpaired) electrons. The van der Waals surface area contributed by atoms with Gasteiger partial charge in [0.1, 0.15) is 0 Å². The van der Waals surface area contributed by atoms with Gasteiger partial charge in [0, 0.05) is 11.6 Å². The first-order valence-corrected chi connectivity index (χ1v) is 14.4. The van der Waals surface area contributed by atoms with Gasteiger partial charge in [-0.2, -0.15) is 0 Å². The van der Waals surface area contributed by atoms with Gasteiger partial charge in [-0.25, -0.2) is 0 Å². The molecule has 1 aromatic heterocycles. The summed E-state index contributed by atoms with van der Waals surface area (Å²) in [7, 11) is 0. The third kappa shape index (κ3) is 9.45. The average Bonchev–Trinajstić information content (AvgIpc) is 2.88. The molecule has 1 aromatic rings. The lowest BCUT2D eigenvalue weighted by atomic mass is 9.79. The quantitative estimate of drug-likeness (QED) is 0.462. The Morgan fingerprint density at radius 2 is 1.31 bits per heavy atom. The number of nitrogen functional groups attached to an aromatic ring is 1. The molecule has 2 N–H and O–H groups in total. The summed E-state index contributed by atoms with van der Waals surface area (Å²) in [6.07, 6.45) is 41.7. The fourth-order valence-corrected chi connectivity index (χ4v) is 5.49. The van der Waals surface area contributed by atoms with E-state index in [2.05, 4.69) is 79.6 Å². The van der Waals surface area contributed by atoms with Gasteiger partial charge in [-0.05, 0) is 35.6 Å². The van der Waals surface area contributed by atoms with Crippen LogP contribution in [0.3, 0.4) is 0 Å². The third-order valence-corrected chi connectivity index (χ3v) is 7.77. The highest BCUT2D eigenvalue weighted by molar-refractivity contribution is 5.52. The molecule has 194 valence electrons. The van der Waals surface area contributed by atoms with E-state index in [0.29, 0.717) is 0 Å². The number of aromatic nitrogens is 1. The third-order valence-electron chi connectivity index (χ3n) is 7.77. The molecule has 0 saturated heterocycles. The molecule has 2 heteroatoms. The van der Waals surface area contributed by atoms with Crippen molar-refractivity contribution in [2.75, 3.05) is 5.73 Å². The van der Waals surface area contributed by atoms with Crippen LogP contribution in [0.5, 0.6) is 0 Å². The van der Waals surface area contributed by atoms with Gasteiger partial charge in [0.2, 0.25) is 0 Å². The van der Waals surface area contributed by atoms with Crippen LogP contribution in [0.15, 0.2) is 90.2 Å². The average molecular weight is 485 g/mol. The summed E-state index contributed by atoms with van der Waals surface area (Å²) < 4.78 is 0. The molecule has 36 heavy (non-hydrogen) atoms. The number of anilines is 1. The zero-order chi connectivity index (χ0) is 25.5. The second kappa shape index (κ2) is 15.5. The van der Waals surface area contributed by atoms with E-state index < -0.39 is 0 Å². The lowest BCUT2D eigenvalue weighted by Crippen LogP contribution is -2.22. The van der Waals surface area contributed by atoms with E-state index in [1.54, 1.807) is 0 Å². The predicted octanol–water partition coefficient (Wildman–Crippen LogP) is 9.73. The fraction of sp³-hybridized carbons (Fsp3) is 0.500. The molecule has 0 aromatic carbocycles. The van der Waals surface area contributed by atoms with Gasteiger partial charge in [-0.15, -0.1) is 0 Å². The highest BCUT2D eigenvalue weighted by atomic mass is 14.8. The van der Waals surface area contributed by atoms with E-state index in [0.717, 1.165) is 23.7 Å². The molecule has 0 spiro atoms. The summed E-state index contributed by atoms with van der Waals surface area (Å²) in [5, 5.41) is 0. The molecule has 1 fully saturated rings. The van der Waals surface area contributed by atoms with Crippen LogP contribution in [0.25, 0.3) is 0 Å². The van der Waals surface area contributed by atoms with Crippen molar-refractivity contribution < 1.29 is 0 Å². The van der Waals surface area contributed by atoms with Crippen LogP contribution in [0.2, 0.25) is 0 Å². The molecule has 0 aliphatic heterocycles. The number of pyridine rings is 1. The van der Waals surface area contributed by atoms with E-state index in [1.165, 1.54) is 88.2 Å². The summed E-state index contributed by atoms with van der Waals surface area (Å²) >= 11 is 0. The Hall–Kier alpha value is -2.61. The van der Waals surface area contributed by atoms with Gasteiger partial charge < -0.3 is 5.73 Å². The van der Waals surface area contributed by atoms with Crippen molar-refractivity contribution in [2.45, 2.75) is 103 Å². The number of hydrogen-bond donors (Lipinski definition) is 1. The van der Waals surface area contributed by atoms with Gasteiger partial charge in [-0.3, -0.25) is 4.98 Å². The monoisotopic (exact) mass is 484 g/mol. The van der Waals surface area contributed by atoms with Crippen LogP contribution >= 0.6 is 0 Å². The SMILES string of the molecule is CC(C)(C1=C\C=C/C=C\C=C/C=C(/CC2CCCCCCCCCCCC2)C=C1)c1ncccc1N. The van der Waals surface area contributed by atoms with Crippen molar-refractivity contribution in [2.24, 2.45) is 5.92 Å². The van der Waals surface area contributed by atoms with E-state index in [1.807, 2.05) is 18.3 Å². The Morgan fingerprint density at radius 1 is 0.750 bits per heavy atom. The van der Waals surface area contributed by atoms with Gasteiger partial charge in [0.05, 0.1) is 11.4 Å². The lowest BCUT2D eigenvalue weighted by molar-refractivity contribution is 0.407. The van der Waals surface area contributed by atoms with Crippen molar-refractivity contribution in [3.63, 3.8) is 0 Å². The first kappa shape index (κ1) is 28.0. The summed E-state index contributed by atoms with van der Waals surface area (Å²) in [6.45, 7) is 4.44. The maximum Gasteiger partial charge on any atom is 0.0732 e. The van der Waals surface area contributed by atoms with Gasteiger partial charge >= 0.3 is 0 Å². The molecule has 1 heterocycles. The topological polar surface area (TPSA) is 38.9 Å². The summed E-state index contributed by atoms with van der Waals surface area (Å²) in [6, 6.07) is 3.85. The minimum Gasteiger partial charge on any atom is -0.397 e. The Balaban J connectivity index is 1.81. The van der Waals surface area contributed by atoms with Gasteiger partial charge in [0.15, 0.2) is 0 Å². The maximum atomic E-state index is 6.35. The van der Waals surface area contributed by atoms with Crippen molar-refractivity contribution in [1.29, 1.82) is 0 Å². The number of hydrogen-bond acceptors (Lipinski definition) is 2. The van der Waals surface area contributed by atoms with Crippen LogP contribution in [-0.2, 0) is 5.41 Å². The van der Waals surface area contributed by atoms with Crippen molar-refractivity contribution in [3.05, 3.63) is 95.9 Å². The van der Waals surface area contributed by atoms with E-state index in [-0.39, 0.29) is 5.41 Å². The molecule has 2 aliphatic rings. The van der Waals surface area contributed by atoms with E-state index in [9.17, 15) is 0 Å². The van der Waals surface area contributed by atoms with Crippen LogP contribution in [0.1, 0.15) is 103 Å². The van der Waals surface area contributed by atoms with Gasteiger partial charge in [0.25, 0.3) is 0 Å². The highest BCUT2D eigenvalue weighted by Crippen LogP contribution is 2.35. The maximum absolute atomic E-state index is 6.35. The number of nitrogens with two attached hydrogens (primary N) is 1. The molecule has 0 atom stereocenters. The molecule has 2 nitrogen and oxygen atoms in total. The highest BCUT2D eigenvalue weighted by Gasteiger charge is 2.27. The molecule has 3 rings (SSSR count). The van der Waals surface area contributed by atoms with Crippen LogP contribution < -0.4 is 5.73 Å².